The van der Waals surface area contributed by atoms with Gasteiger partial charge in [0.05, 0.1) is 26.1 Å². The highest BCUT2D eigenvalue weighted by Gasteiger charge is 2.24. The minimum Gasteiger partial charge on any atom is -0.480 e. The third kappa shape index (κ3) is 5.96. The van der Waals surface area contributed by atoms with Crippen LogP contribution in [0.4, 0.5) is 5.69 Å². The van der Waals surface area contributed by atoms with E-state index in [9.17, 15) is 9.59 Å². The van der Waals surface area contributed by atoms with Crippen molar-refractivity contribution in [3.8, 4) is 5.75 Å². The van der Waals surface area contributed by atoms with E-state index in [0.29, 0.717) is 31.4 Å². The van der Waals surface area contributed by atoms with E-state index in [1.807, 2.05) is 31.2 Å². The summed E-state index contributed by atoms with van der Waals surface area (Å²) in [6.07, 6.45) is 1.77. The van der Waals surface area contributed by atoms with Crippen LogP contribution in [0.1, 0.15) is 18.1 Å². The van der Waals surface area contributed by atoms with Crippen molar-refractivity contribution in [1.29, 1.82) is 0 Å². The molecule has 30 heavy (non-hydrogen) atoms. The molecule has 1 amide bonds. The van der Waals surface area contributed by atoms with Gasteiger partial charge in [0, 0.05) is 0 Å². The molecule has 2 aromatic rings. The van der Waals surface area contributed by atoms with Crippen LogP contribution in [0, 0.1) is 6.92 Å². The lowest BCUT2D eigenvalue weighted by atomic mass is 10.2. The Labute approximate surface area is 195 Å². The second kappa shape index (κ2) is 10.3. The number of esters is 1. The van der Waals surface area contributed by atoms with Gasteiger partial charge >= 0.3 is 5.97 Å². The van der Waals surface area contributed by atoms with E-state index in [4.69, 9.17) is 9.47 Å². The molecule has 0 saturated carbocycles. The molecule has 0 radical (unpaired) electrons. The van der Waals surface area contributed by atoms with E-state index < -0.39 is 5.97 Å². The molecular weight excluding hydrogens is 536 g/mol. The van der Waals surface area contributed by atoms with Gasteiger partial charge in [-0.1, -0.05) is 17.7 Å². The number of amidine groups is 1. The van der Waals surface area contributed by atoms with E-state index in [2.05, 4.69) is 42.2 Å². The maximum absolute atomic E-state index is 12.3. The van der Waals surface area contributed by atoms with Crippen LogP contribution >= 0.6 is 43.6 Å². The summed E-state index contributed by atoms with van der Waals surface area (Å²) in [5, 5.41) is 3.31. The van der Waals surface area contributed by atoms with Gasteiger partial charge in [-0.25, -0.2) is 9.79 Å². The molecule has 6 nitrogen and oxygen atoms in total. The quantitative estimate of drug-likeness (QED) is 0.385. The van der Waals surface area contributed by atoms with Gasteiger partial charge in [0.25, 0.3) is 5.91 Å². The van der Waals surface area contributed by atoms with Crippen LogP contribution < -0.4 is 10.1 Å². The Morgan fingerprint density at radius 2 is 1.87 bits per heavy atom. The van der Waals surface area contributed by atoms with Gasteiger partial charge in [-0.05, 0) is 93.4 Å². The lowest BCUT2D eigenvalue weighted by molar-refractivity contribution is -0.145. The number of amides is 1. The van der Waals surface area contributed by atoms with Crippen LogP contribution in [0.15, 0.2) is 55.2 Å². The topological polar surface area (TPSA) is 77.0 Å². The number of aliphatic imine (C=N–C) groups is 1. The molecule has 1 aliphatic heterocycles. The van der Waals surface area contributed by atoms with Gasteiger partial charge in [-0.15, -0.1) is 0 Å². The Morgan fingerprint density at radius 1 is 1.20 bits per heavy atom. The molecule has 0 aliphatic carbocycles. The van der Waals surface area contributed by atoms with Crippen LogP contribution in [-0.2, 0) is 14.3 Å². The second-order valence-electron chi connectivity index (χ2n) is 6.22. The summed E-state index contributed by atoms with van der Waals surface area (Å²) >= 11 is 8.17. The first-order chi connectivity index (χ1) is 14.4. The summed E-state index contributed by atoms with van der Waals surface area (Å²) in [5.74, 6) is -0.169. The van der Waals surface area contributed by atoms with Crippen molar-refractivity contribution >= 4 is 72.4 Å². The van der Waals surface area contributed by atoms with Crippen LogP contribution in [0.5, 0.6) is 5.75 Å². The fraction of sp³-hybridized carbons (Fsp3) is 0.190. The molecule has 1 aliphatic rings. The fourth-order valence-corrected chi connectivity index (χ4v) is 4.80. The summed E-state index contributed by atoms with van der Waals surface area (Å²) in [6.45, 7) is 3.85. The molecule has 9 heteroatoms. The molecular formula is C21H18Br2N2O4S. The maximum Gasteiger partial charge on any atom is 0.344 e. The molecule has 0 bridgehead atoms. The fourth-order valence-electron chi connectivity index (χ4n) is 2.50. The van der Waals surface area contributed by atoms with Crippen LogP contribution in [0.3, 0.4) is 0 Å². The Bertz CT molecular complexity index is 1010. The minimum atomic E-state index is -0.443. The van der Waals surface area contributed by atoms with Crippen LogP contribution in [0.2, 0.25) is 0 Å². The first-order valence-corrected chi connectivity index (χ1v) is 11.4. The zero-order valence-electron chi connectivity index (χ0n) is 16.2. The number of hydrogen-bond acceptors (Lipinski definition) is 6. The summed E-state index contributed by atoms with van der Waals surface area (Å²) in [4.78, 5) is 28.8. The molecule has 1 N–H and O–H groups in total. The zero-order valence-corrected chi connectivity index (χ0v) is 20.2. The normalized spacial score (nSPS) is 16.1. The molecule has 0 atom stereocenters. The highest BCUT2D eigenvalue weighted by atomic mass is 79.9. The molecule has 1 fully saturated rings. The van der Waals surface area contributed by atoms with Gasteiger partial charge in [-0.2, -0.15) is 0 Å². The van der Waals surface area contributed by atoms with Crippen molar-refractivity contribution < 1.29 is 19.1 Å². The summed E-state index contributed by atoms with van der Waals surface area (Å²) in [5.41, 5.74) is 2.71. The number of benzene rings is 2. The average Bonchev–Trinajstić information content (AvgIpc) is 3.02. The third-order valence-corrected chi connectivity index (χ3v) is 5.96. The predicted octanol–water partition coefficient (Wildman–Crippen LogP) is 5.35. The van der Waals surface area contributed by atoms with Gasteiger partial charge in [0.15, 0.2) is 11.8 Å². The first-order valence-electron chi connectivity index (χ1n) is 8.99. The molecule has 3 rings (SSSR count). The number of nitrogens with one attached hydrogen (secondary N) is 1. The van der Waals surface area contributed by atoms with E-state index in [1.165, 1.54) is 11.8 Å². The minimum absolute atomic E-state index is 0.192. The molecule has 0 unspecified atom stereocenters. The Morgan fingerprint density at radius 3 is 2.50 bits per heavy atom. The number of ether oxygens (including phenoxy) is 2. The van der Waals surface area contributed by atoms with E-state index in [1.54, 1.807) is 25.1 Å². The van der Waals surface area contributed by atoms with E-state index in [-0.39, 0.29) is 12.5 Å². The molecule has 0 aromatic heterocycles. The summed E-state index contributed by atoms with van der Waals surface area (Å²) in [7, 11) is 0. The van der Waals surface area contributed by atoms with E-state index in [0.717, 1.165) is 16.8 Å². The van der Waals surface area contributed by atoms with E-state index >= 15 is 0 Å². The monoisotopic (exact) mass is 552 g/mol. The van der Waals surface area contributed by atoms with Crippen molar-refractivity contribution in [2.45, 2.75) is 13.8 Å². The predicted molar refractivity (Wildman–Crippen MR) is 126 cm³/mol. The Balaban J connectivity index is 1.75. The molecule has 1 saturated heterocycles. The summed E-state index contributed by atoms with van der Waals surface area (Å²) < 4.78 is 11.7. The average molecular weight is 554 g/mol. The van der Waals surface area contributed by atoms with Crippen LogP contribution in [0.25, 0.3) is 6.08 Å². The SMILES string of the molecule is CCOC(=O)COc1c(Br)cc(/C=C2/SC(=Nc3ccc(C)cc3)NC2=O)cc1Br. The number of carbonyl (C=O) groups excluding carboxylic acids is 2. The van der Waals surface area contributed by atoms with Gasteiger partial charge in [0.2, 0.25) is 0 Å². The van der Waals surface area contributed by atoms with Crippen molar-refractivity contribution in [2.24, 2.45) is 4.99 Å². The molecule has 2 aromatic carbocycles. The highest BCUT2D eigenvalue weighted by Crippen LogP contribution is 2.36. The summed E-state index contributed by atoms with van der Waals surface area (Å²) in [6, 6.07) is 11.4. The molecule has 1 heterocycles. The van der Waals surface area contributed by atoms with Crippen LogP contribution in [-0.4, -0.2) is 30.3 Å². The van der Waals surface area contributed by atoms with Gasteiger partial charge in [-0.3, -0.25) is 4.79 Å². The van der Waals surface area contributed by atoms with Gasteiger partial charge < -0.3 is 14.8 Å². The third-order valence-electron chi connectivity index (χ3n) is 3.87. The Kier molecular flexibility index (Phi) is 7.74. The van der Waals surface area contributed by atoms with Crippen molar-refractivity contribution in [2.75, 3.05) is 13.2 Å². The maximum atomic E-state index is 12.3. The molecule has 156 valence electrons. The second-order valence-corrected chi connectivity index (χ2v) is 8.96. The Hall–Kier alpha value is -2.10. The lowest BCUT2D eigenvalue weighted by Gasteiger charge is -2.11. The first kappa shape index (κ1) is 22.6. The number of hydrogen-bond donors (Lipinski definition) is 1. The number of halogens is 2. The molecule has 0 spiro atoms. The standard InChI is InChI=1S/C21H18Br2N2O4S/c1-3-28-18(26)11-29-19-15(22)8-13(9-16(19)23)10-17-20(27)25-21(30-17)24-14-6-4-12(2)5-7-14/h4-10H,3,11H2,1-2H3,(H,24,25,27)/b17-10+. The number of nitrogens with zero attached hydrogens (tertiary/aromatic N) is 1. The smallest absolute Gasteiger partial charge is 0.344 e. The highest BCUT2D eigenvalue weighted by molar-refractivity contribution is 9.11. The number of carbonyl (C=O) groups is 2. The number of aryl methyl sites for hydroxylation is 1. The lowest BCUT2D eigenvalue weighted by Crippen LogP contribution is -2.19. The van der Waals surface area contributed by atoms with Gasteiger partial charge in [0.1, 0.15) is 5.75 Å². The van der Waals surface area contributed by atoms with Crippen molar-refractivity contribution in [3.63, 3.8) is 0 Å². The zero-order chi connectivity index (χ0) is 21.7. The number of thioether (sulfide) groups is 1. The number of rotatable bonds is 6. The largest absolute Gasteiger partial charge is 0.480 e. The van der Waals surface area contributed by atoms with Crippen molar-refractivity contribution in [1.82, 2.24) is 5.32 Å². The van der Waals surface area contributed by atoms with Crippen molar-refractivity contribution in [3.05, 3.63) is 61.4 Å².